The molecule has 17 heavy (non-hydrogen) atoms. The molecule has 0 amide bonds. The van der Waals surface area contributed by atoms with Crippen molar-refractivity contribution in [3.8, 4) is 0 Å². The second-order valence-electron chi connectivity index (χ2n) is 4.26. The molecule has 0 spiro atoms. The maximum absolute atomic E-state index is 11.4. The Morgan fingerprint density at radius 2 is 2.41 bits per heavy atom. The van der Waals surface area contributed by atoms with Gasteiger partial charge in [0, 0.05) is 18.3 Å². The number of nitrogens with one attached hydrogen (secondary N) is 2. The minimum atomic E-state index is -0.296. The fraction of sp³-hybridized carbons (Fsp3) is 0.462. The second-order valence-corrected chi connectivity index (χ2v) is 4.26. The number of rotatable bonds is 3. The average Bonchev–Trinajstić information content (AvgIpc) is 2.39. The van der Waals surface area contributed by atoms with E-state index in [0.29, 0.717) is 11.6 Å². The van der Waals surface area contributed by atoms with Gasteiger partial charge in [-0.3, -0.25) is 0 Å². The Kier molecular flexibility index (Phi) is 3.98. The fourth-order valence-corrected chi connectivity index (χ4v) is 2.06. The maximum atomic E-state index is 11.4. The third-order valence-electron chi connectivity index (χ3n) is 2.95. The van der Waals surface area contributed by atoms with E-state index < -0.39 is 0 Å². The van der Waals surface area contributed by atoms with Crippen molar-refractivity contribution >= 4 is 11.7 Å². The Bertz CT molecular complexity index is 387. The highest BCUT2D eigenvalue weighted by Crippen LogP contribution is 2.15. The zero-order chi connectivity index (χ0) is 12.1. The lowest BCUT2D eigenvalue weighted by Gasteiger charge is -2.24. The molecule has 1 unspecified atom stereocenters. The predicted octanol–water partition coefficient (Wildman–Crippen LogP) is 1.64. The van der Waals surface area contributed by atoms with Crippen molar-refractivity contribution < 1.29 is 9.53 Å². The van der Waals surface area contributed by atoms with Crippen molar-refractivity contribution in [2.75, 3.05) is 25.5 Å². The third-order valence-corrected chi connectivity index (χ3v) is 2.95. The summed E-state index contributed by atoms with van der Waals surface area (Å²) >= 11 is 0. The smallest absolute Gasteiger partial charge is 0.337 e. The summed E-state index contributed by atoms with van der Waals surface area (Å²) in [5, 5.41) is 6.78. The summed E-state index contributed by atoms with van der Waals surface area (Å²) in [6, 6.07) is 7.87. The monoisotopic (exact) mass is 234 g/mol. The lowest BCUT2D eigenvalue weighted by atomic mass is 10.1. The highest BCUT2D eigenvalue weighted by atomic mass is 16.5. The first-order chi connectivity index (χ1) is 8.29. The van der Waals surface area contributed by atoms with Crippen molar-refractivity contribution in [2.45, 2.75) is 18.9 Å². The molecule has 4 nitrogen and oxygen atoms in total. The Balaban J connectivity index is 2.02. The molecule has 0 saturated carbocycles. The molecule has 1 heterocycles. The zero-order valence-corrected chi connectivity index (χ0v) is 10.0. The number of ether oxygens (including phenoxy) is 1. The van der Waals surface area contributed by atoms with E-state index in [1.54, 1.807) is 6.07 Å². The Hall–Kier alpha value is -1.55. The van der Waals surface area contributed by atoms with Crippen LogP contribution in [0.3, 0.4) is 0 Å². The Morgan fingerprint density at radius 3 is 3.12 bits per heavy atom. The van der Waals surface area contributed by atoms with Gasteiger partial charge in [-0.25, -0.2) is 4.79 Å². The number of methoxy groups -OCH3 is 1. The van der Waals surface area contributed by atoms with Crippen molar-refractivity contribution in [3.63, 3.8) is 0 Å². The van der Waals surface area contributed by atoms with Crippen molar-refractivity contribution in [1.29, 1.82) is 0 Å². The summed E-state index contributed by atoms with van der Waals surface area (Å²) in [5.41, 5.74) is 1.56. The van der Waals surface area contributed by atoms with E-state index in [2.05, 4.69) is 10.6 Å². The van der Waals surface area contributed by atoms with Gasteiger partial charge in [-0.05, 0) is 37.6 Å². The molecule has 0 aromatic heterocycles. The molecule has 2 N–H and O–H groups in total. The molecule has 1 aromatic rings. The number of benzene rings is 1. The van der Waals surface area contributed by atoms with Crippen LogP contribution in [0.5, 0.6) is 0 Å². The topological polar surface area (TPSA) is 50.4 Å². The molecule has 4 heteroatoms. The number of piperidine rings is 1. The third kappa shape index (κ3) is 3.20. The number of carbonyl (C=O) groups excluding carboxylic acids is 1. The van der Waals surface area contributed by atoms with E-state index in [-0.39, 0.29) is 5.97 Å². The van der Waals surface area contributed by atoms with Crippen LogP contribution in [0.1, 0.15) is 23.2 Å². The molecule has 1 aliphatic rings. The van der Waals surface area contributed by atoms with E-state index >= 15 is 0 Å². The first-order valence-corrected chi connectivity index (χ1v) is 5.95. The molecule has 0 aliphatic carbocycles. The Morgan fingerprint density at radius 1 is 1.53 bits per heavy atom. The number of carbonyl (C=O) groups is 1. The summed E-state index contributed by atoms with van der Waals surface area (Å²) in [5.74, 6) is -0.296. The van der Waals surface area contributed by atoms with Crippen LogP contribution < -0.4 is 10.6 Å². The van der Waals surface area contributed by atoms with Gasteiger partial charge in [0.25, 0.3) is 0 Å². The molecule has 2 rings (SSSR count). The normalized spacial score (nSPS) is 19.7. The van der Waals surface area contributed by atoms with Crippen LogP contribution in [0.2, 0.25) is 0 Å². The van der Waals surface area contributed by atoms with Gasteiger partial charge in [0.2, 0.25) is 0 Å². The molecule has 1 atom stereocenters. The largest absolute Gasteiger partial charge is 0.465 e. The summed E-state index contributed by atoms with van der Waals surface area (Å²) in [4.78, 5) is 11.4. The minimum absolute atomic E-state index is 0.296. The summed E-state index contributed by atoms with van der Waals surface area (Å²) in [6.45, 7) is 2.07. The van der Waals surface area contributed by atoms with E-state index in [1.807, 2.05) is 18.2 Å². The molecule has 92 valence electrons. The molecule has 0 radical (unpaired) electrons. The van der Waals surface area contributed by atoms with Crippen LogP contribution in [0.15, 0.2) is 24.3 Å². The fourth-order valence-electron chi connectivity index (χ4n) is 2.06. The van der Waals surface area contributed by atoms with Gasteiger partial charge in [-0.15, -0.1) is 0 Å². The molecule has 1 aliphatic heterocycles. The minimum Gasteiger partial charge on any atom is -0.465 e. The molecule has 1 fully saturated rings. The summed E-state index contributed by atoms with van der Waals surface area (Å²) < 4.78 is 4.70. The van der Waals surface area contributed by atoms with Crippen molar-refractivity contribution in [3.05, 3.63) is 29.8 Å². The summed E-state index contributed by atoms with van der Waals surface area (Å²) in [7, 11) is 1.40. The predicted molar refractivity (Wildman–Crippen MR) is 67.3 cm³/mol. The average molecular weight is 234 g/mol. The van der Waals surface area contributed by atoms with Gasteiger partial charge in [-0.2, -0.15) is 0 Å². The molecule has 0 bridgehead atoms. The van der Waals surface area contributed by atoms with Crippen LogP contribution >= 0.6 is 0 Å². The van der Waals surface area contributed by atoms with Gasteiger partial charge in [0.1, 0.15) is 0 Å². The standard InChI is InChI=1S/C13H18N2O2/c1-17-13(16)10-4-2-5-11(8-10)15-12-6-3-7-14-9-12/h2,4-5,8,12,14-15H,3,6-7,9H2,1H3. The molecule has 1 aromatic carbocycles. The lowest BCUT2D eigenvalue weighted by molar-refractivity contribution is 0.0601. The molecule has 1 saturated heterocycles. The quantitative estimate of drug-likeness (QED) is 0.781. The van der Waals surface area contributed by atoms with Crippen LogP contribution in [0.4, 0.5) is 5.69 Å². The second kappa shape index (κ2) is 5.68. The van der Waals surface area contributed by atoms with E-state index in [1.165, 1.54) is 13.5 Å². The first kappa shape index (κ1) is 11.9. The van der Waals surface area contributed by atoms with Gasteiger partial charge >= 0.3 is 5.97 Å². The highest BCUT2D eigenvalue weighted by molar-refractivity contribution is 5.90. The van der Waals surface area contributed by atoms with Crippen LogP contribution in [-0.4, -0.2) is 32.2 Å². The van der Waals surface area contributed by atoms with Crippen LogP contribution in [0, 0.1) is 0 Å². The van der Waals surface area contributed by atoms with E-state index in [9.17, 15) is 4.79 Å². The maximum Gasteiger partial charge on any atom is 0.337 e. The first-order valence-electron chi connectivity index (χ1n) is 5.95. The number of hydrogen-bond donors (Lipinski definition) is 2. The SMILES string of the molecule is COC(=O)c1cccc(NC2CCCNC2)c1. The Labute approximate surface area is 101 Å². The van der Waals surface area contributed by atoms with Gasteiger partial charge < -0.3 is 15.4 Å². The van der Waals surface area contributed by atoms with E-state index in [0.717, 1.165) is 25.2 Å². The number of anilines is 1. The van der Waals surface area contributed by atoms with Crippen LogP contribution in [0.25, 0.3) is 0 Å². The molecular weight excluding hydrogens is 216 g/mol. The highest BCUT2D eigenvalue weighted by Gasteiger charge is 2.13. The van der Waals surface area contributed by atoms with Gasteiger partial charge in [-0.1, -0.05) is 6.07 Å². The van der Waals surface area contributed by atoms with Gasteiger partial charge in [0.15, 0.2) is 0 Å². The van der Waals surface area contributed by atoms with Crippen molar-refractivity contribution in [1.82, 2.24) is 5.32 Å². The zero-order valence-electron chi connectivity index (χ0n) is 10.0. The molecular formula is C13H18N2O2. The lowest BCUT2D eigenvalue weighted by Crippen LogP contribution is -2.38. The van der Waals surface area contributed by atoms with Crippen molar-refractivity contribution in [2.24, 2.45) is 0 Å². The summed E-state index contributed by atoms with van der Waals surface area (Å²) in [6.07, 6.45) is 2.35. The van der Waals surface area contributed by atoms with Crippen LogP contribution in [-0.2, 0) is 4.74 Å². The number of hydrogen-bond acceptors (Lipinski definition) is 4. The van der Waals surface area contributed by atoms with Gasteiger partial charge in [0.05, 0.1) is 12.7 Å². The number of esters is 1. The van der Waals surface area contributed by atoms with E-state index in [4.69, 9.17) is 4.74 Å².